The van der Waals surface area contributed by atoms with E-state index in [1.165, 1.54) is 18.3 Å². The number of nitrogens with zero attached hydrogens (tertiary/aromatic N) is 1. The van der Waals surface area contributed by atoms with E-state index in [1.807, 2.05) is 0 Å². The number of rotatable bonds is 3. The van der Waals surface area contributed by atoms with E-state index in [0.29, 0.717) is 8.95 Å². The summed E-state index contributed by atoms with van der Waals surface area (Å²) in [6.45, 7) is 0. The number of aromatic carboxylic acids is 1. The molecule has 0 unspecified atom stereocenters. The van der Waals surface area contributed by atoms with Gasteiger partial charge >= 0.3 is 5.97 Å². The molecule has 2 aromatic rings. The standard InChI is InChI=1S/C11H6Br2N2O4/c12-5-3-6(11(17)18)9(7(13)4-5)15-10(16)8-1-2-14-19-8/h1-4H,(H,15,16)(H,17,18). The summed E-state index contributed by atoms with van der Waals surface area (Å²) in [5.41, 5.74) is 0.103. The smallest absolute Gasteiger partial charge is 0.337 e. The van der Waals surface area contributed by atoms with Crippen LogP contribution in [0.2, 0.25) is 0 Å². The lowest BCUT2D eigenvalue weighted by Crippen LogP contribution is -2.14. The summed E-state index contributed by atoms with van der Waals surface area (Å²) in [5, 5.41) is 15.0. The van der Waals surface area contributed by atoms with Crippen molar-refractivity contribution in [3.8, 4) is 0 Å². The Balaban J connectivity index is 2.39. The van der Waals surface area contributed by atoms with E-state index >= 15 is 0 Å². The molecule has 0 spiro atoms. The molecule has 98 valence electrons. The lowest BCUT2D eigenvalue weighted by Gasteiger charge is -2.10. The van der Waals surface area contributed by atoms with E-state index in [0.717, 1.165) is 0 Å². The largest absolute Gasteiger partial charge is 0.478 e. The topological polar surface area (TPSA) is 92.4 Å². The number of aromatic nitrogens is 1. The van der Waals surface area contributed by atoms with Crippen LogP contribution in [0.4, 0.5) is 5.69 Å². The summed E-state index contributed by atoms with van der Waals surface area (Å²) in [4.78, 5) is 23.0. The van der Waals surface area contributed by atoms with E-state index in [1.54, 1.807) is 6.07 Å². The van der Waals surface area contributed by atoms with Crippen LogP contribution in [-0.2, 0) is 0 Å². The summed E-state index contributed by atoms with van der Waals surface area (Å²) < 4.78 is 5.71. The third kappa shape index (κ3) is 3.02. The summed E-state index contributed by atoms with van der Waals surface area (Å²) >= 11 is 6.39. The molecule has 0 bridgehead atoms. The van der Waals surface area contributed by atoms with Crippen molar-refractivity contribution in [2.24, 2.45) is 0 Å². The highest BCUT2D eigenvalue weighted by Gasteiger charge is 2.19. The fraction of sp³-hybridized carbons (Fsp3) is 0. The summed E-state index contributed by atoms with van der Waals surface area (Å²) in [6, 6.07) is 4.40. The third-order valence-corrected chi connectivity index (χ3v) is 3.27. The molecule has 0 aliphatic carbocycles. The molecule has 8 heteroatoms. The Bertz CT molecular complexity index is 640. The zero-order chi connectivity index (χ0) is 14.0. The van der Waals surface area contributed by atoms with Gasteiger partial charge in [-0.25, -0.2) is 4.79 Å². The van der Waals surface area contributed by atoms with Gasteiger partial charge in [-0.1, -0.05) is 21.1 Å². The first-order valence-electron chi connectivity index (χ1n) is 4.93. The monoisotopic (exact) mass is 388 g/mol. The van der Waals surface area contributed by atoms with Gasteiger partial charge in [-0.2, -0.15) is 0 Å². The van der Waals surface area contributed by atoms with Crippen molar-refractivity contribution in [2.75, 3.05) is 5.32 Å². The predicted molar refractivity (Wildman–Crippen MR) is 73.3 cm³/mol. The van der Waals surface area contributed by atoms with Crippen LogP contribution >= 0.6 is 31.9 Å². The van der Waals surface area contributed by atoms with Crippen molar-refractivity contribution in [3.63, 3.8) is 0 Å². The fourth-order valence-corrected chi connectivity index (χ4v) is 2.70. The Morgan fingerprint density at radius 1 is 1.32 bits per heavy atom. The summed E-state index contributed by atoms with van der Waals surface area (Å²) in [6.07, 6.45) is 1.32. The molecule has 2 N–H and O–H groups in total. The molecule has 0 saturated carbocycles. The first-order valence-corrected chi connectivity index (χ1v) is 6.52. The molecule has 0 atom stereocenters. The number of carbonyl (C=O) groups excluding carboxylic acids is 1. The van der Waals surface area contributed by atoms with Gasteiger partial charge in [0.1, 0.15) is 0 Å². The quantitative estimate of drug-likeness (QED) is 0.841. The van der Waals surface area contributed by atoms with E-state index in [4.69, 9.17) is 9.63 Å². The molecule has 1 aromatic heterocycles. The van der Waals surface area contributed by atoms with Gasteiger partial charge < -0.3 is 14.9 Å². The fourth-order valence-electron chi connectivity index (χ4n) is 1.38. The average Bonchev–Trinajstić information content (AvgIpc) is 2.85. The Morgan fingerprint density at radius 3 is 2.63 bits per heavy atom. The van der Waals surface area contributed by atoms with Crippen LogP contribution in [0.1, 0.15) is 20.9 Å². The third-order valence-electron chi connectivity index (χ3n) is 2.19. The highest BCUT2D eigenvalue weighted by atomic mass is 79.9. The van der Waals surface area contributed by atoms with Crippen LogP contribution in [-0.4, -0.2) is 22.1 Å². The van der Waals surface area contributed by atoms with Gasteiger partial charge in [-0.3, -0.25) is 4.79 Å². The van der Waals surface area contributed by atoms with Gasteiger partial charge in [0.05, 0.1) is 17.4 Å². The van der Waals surface area contributed by atoms with Crippen molar-refractivity contribution in [2.45, 2.75) is 0 Å². The molecule has 2 rings (SSSR count). The molecule has 0 aliphatic rings. The zero-order valence-corrected chi connectivity index (χ0v) is 12.4. The number of hydrogen-bond acceptors (Lipinski definition) is 4. The second kappa shape index (κ2) is 5.54. The van der Waals surface area contributed by atoms with Gasteiger partial charge in [0, 0.05) is 15.0 Å². The lowest BCUT2D eigenvalue weighted by atomic mass is 10.2. The highest BCUT2D eigenvalue weighted by Crippen LogP contribution is 2.31. The minimum Gasteiger partial charge on any atom is -0.478 e. The first kappa shape index (κ1) is 13.8. The maximum Gasteiger partial charge on any atom is 0.337 e. The number of carboxylic acid groups (broad SMARTS) is 1. The highest BCUT2D eigenvalue weighted by molar-refractivity contribution is 9.11. The average molecular weight is 390 g/mol. The first-order chi connectivity index (χ1) is 8.99. The number of carboxylic acids is 1. The van der Waals surface area contributed by atoms with Crippen molar-refractivity contribution in [1.82, 2.24) is 5.16 Å². The van der Waals surface area contributed by atoms with Crippen molar-refractivity contribution in [3.05, 3.63) is 44.7 Å². The molecule has 6 nitrogen and oxygen atoms in total. The number of benzene rings is 1. The maximum absolute atomic E-state index is 11.8. The summed E-state index contributed by atoms with van der Waals surface area (Å²) in [5.74, 6) is -1.75. The number of anilines is 1. The van der Waals surface area contributed by atoms with Crippen LogP contribution in [0.25, 0.3) is 0 Å². The molecule has 0 aliphatic heterocycles. The molecule has 0 radical (unpaired) electrons. The van der Waals surface area contributed by atoms with E-state index in [-0.39, 0.29) is 17.0 Å². The molecular formula is C11H6Br2N2O4. The lowest BCUT2D eigenvalue weighted by molar-refractivity contribution is 0.0698. The van der Waals surface area contributed by atoms with Gasteiger partial charge in [0.25, 0.3) is 5.91 Å². The molecular weight excluding hydrogens is 384 g/mol. The van der Waals surface area contributed by atoms with Gasteiger partial charge in [-0.05, 0) is 28.1 Å². The Kier molecular flexibility index (Phi) is 4.01. The normalized spacial score (nSPS) is 10.2. The summed E-state index contributed by atoms with van der Waals surface area (Å²) in [7, 11) is 0. The SMILES string of the molecule is O=C(Nc1c(Br)cc(Br)cc1C(=O)O)c1ccno1. The number of carbonyl (C=O) groups is 2. The number of hydrogen-bond donors (Lipinski definition) is 2. The molecule has 1 aromatic carbocycles. The van der Waals surface area contributed by atoms with Crippen molar-refractivity contribution < 1.29 is 19.2 Å². The molecule has 1 amide bonds. The number of halogens is 2. The van der Waals surface area contributed by atoms with E-state index in [9.17, 15) is 9.59 Å². The van der Waals surface area contributed by atoms with Crippen LogP contribution in [0.5, 0.6) is 0 Å². The van der Waals surface area contributed by atoms with E-state index in [2.05, 4.69) is 42.3 Å². The molecule has 1 heterocycles. The molecule has 0 fully saturated rings. The van der Waals surface area contributed by atoms with Gasteiger partial charge in [-0.15, -0.1) is 0 Å². The van der Waals surface area contributed by atoms with Crippen LogP contribution in [0, 0.1) is 0 Å². The molecule has 0 saturated heterocycles. The molecule has 19 heavy (non-hydrogen) atoms. The van der Waals surface area contributed by atoms with Crippen LogP contribution < -0.4 is 5.32 Å². The maximum atomic E-state index is 11.8. The predicted octanol–water partition coefficient (Wildman–Crippen LogP) is 3.15. The van der Waals surface area contributed by atoms with Gasteiger partial charge in [0.2, 0.25) is 5.76 Å². The number of amides is 1. The zero-order valence-electron chi connectivity index (χ0n) is 9.18. The second-order valence-electron chi connectivity index (χ2n) is 3.45. The van der Waals surface area contributed by atoms with Crippen molar-refractivity contribution >= 4 is 49.4 Å². The Hall–Kier alpha value is -1.67. The minimum absolute atomic E-state index is 0.00819. The Labute approximate surface area is 124 Å². The second-order valence-corrected chi connectivity index (χ2v) is 5.22. The van der Waals surface area contributed by atoms with Crippen molar-refractivity contribution in [1.29, 1.82) is 0 Å². The van der Waals surface area contributed by atoms with Gasteiger partial charge in [0.15, 0.2) is 0 Å². The Morgan fingerprint density at radius 2 is 2.05 bits per heavy atom. The minimum atomic E-state index is -1.16. The number of nitrogens with one attached hydrogen (secondary N) is 1. The van der Waals surface area contributed by atoms with E-state index < -0.39 is 11.9 Å². The van der Waals surface area contributed by atoms with Crippen LogP contribution in [0.15, 0.2) is 37.9 Å². The van der Waals surface area contributed by atoms with Crippen LogP contribution in [0.3, 0.4) is 0 Å².